The van der Waals surface area contributed by atoms with E-state index in [9.17, 15) is 4.79 Å². The highest BCUT2D eigenvalue weighted by atomic mass is 16.2. The van der Waals surface area contributed by atoms with Gasteiger partial charge in [-0.2, -0.15) is 0 Å². The van der Waals surface area contributed by atoms with E-state index < -0.39 is 0 Å². The predicted molar refractivity (Wildman–Crippen MR) is 75.7 cm³/mol. The number of amides is 1. The Morgan fingerprint density at radius 2 is 1.83 bits per heavy atom. The van der Waals surface area contributed by atoms with E-state index in [1.54, 1.807) is 0 Å². The van der Waals surface area contributed by atoms with Crippen molar-refractivity contribution < 1.29 is 4.79 Å². The molecule has 0 bridgehead atoms. The molecule has 1 N–H and O–H groups in total. The summed E-state index contributed by atoms with van der Waals surface area (Å²) in [7, 11) is 0. The minimum atomic E-state index is 0.214. The fourth-order valence-corrected chi connectivity index (χ4v) is 2.56. The summed E-state index contributed by atoms with van der Waals surface area (Å²) in [6, 6.07) is 0.537. The number of nitrogens with one attached hydrogen (secondary N) is 1. The zero-order valence-corrected chi connectivity index (χ0v) is 12.2. The van der Waals surface area contributed by atoms with Crippen LogP contribution in [0.3, 0.4) is 0 Å². The van der Waals surface area contributed by atoms with Gasteiger partial charge in [0.2, 0.25) is 5.91 Å². The number of likely N-dealkylation sites (N-methyl/N-ethyl adjacent to an activating group) is 1. The highest BCUT2D eigenvalue weighted by molar-refractivity contribution is 5.78. The lowest BCUT2D eigenvalue weighted by molar-refractivity contribution is -0.129. The molecule has 0 spiro atoms. The number of likely N-dealkylation sites (tertiary alicyclic amines) is 1. The van der Waals surface area contributed by atoms with Gasteiger partial charge in [0, 0.05) is 25.7 Å². The van der Waals surface area contributed by atoms with E-state index in [1.807, 2.05) is 18.7 Å². The Kier molecular flexibility index (Phi) is 7.28. The van der Waals surface area contributed by atoms with E-state index in [1.165, 1.54) is 32.4 Å². The number of rotatable bonds is 7. The van der Waals surface area contributed by atoms with Crippen molar-refractivity contribution in [3.63, 3.8) is 0 Å². The van der Waals surface area contributed by atoms with Crippen LogP contribution in [-0.4, -0.2) is 61.0 Å². The molecule has 0 aromatic heterocycles. The van der Waals surface area contributed by atoms with Crippen molar-refractivity contribution in [2.75, 3.05) is 39.3 Å². The van der Waals surface area contributed by atoms with Gasteiger partial charge in [-0.15, -0.1) is 0 Å². The Morgan fingerprint density at radius 1 is 1.22 bits per heavy atom. The maximum absolute atomic E-state index is 11.8. The van der Waals surface area contributed by atoms with Crippen LogP contribution in [0.4, 0.5) is 0 Å². The van der Waals surface area contributed by atoms with Gasteiger partial charge in [-0.05, 0) is 46.7 Å². The maximum atomic E-state index is 11.8. The van der Waals surface area contributed by atoms with Crippen molar-refractivity contribution in [1.82, 2.24) is 15.1 Å². The molecular weight excluding hydrogens is 226 g/mol. The molecular formula is C14H29N3O. The zero-order chi connectivity index (χ0) is 13.4. The van der Waals surface area contributed by atoms with Crippen LogP contribution in [0.25, 0.3) is 0 Å². The first-order valence-corrected chi connectivity index (χ1v) is 7.41. The topological polar surface area (TPSA) is 35.6 Å². The molecule has 1 aliphatic heterocycles. The summed E-state index contributed by atoms with van der Waals surface area (Å²) in [4.78, 5) is 16.2. The average molecular weight is 255 g/mol. The number of carbonyl (C=O) groups is 1. The van der Waals surface area contributed by atoms with E-state index >= 15 is 0 Å². The van der Waals surface area contributed by atoms with Crippen molar-refractivity contribution >= 4 is 5.91 Å². The molecule has 4 heteroatoms. The van der Waals surface area contributed by atoms with E-state index in [0.29, 0.717) is 12.6 Å². The third-order valence-corrected chi connectivity index (χ3v) is 3.85. The van der Waals surface area contributed by atoms with Gasteiger partial charge in [0.15, 0.2) is 0 Å². The minimum absolute atomic E-state index is 0.214. The smallest absolute Gasteiger partial charge is 0.236 e. The molecule has 0 aromatic rings. The first-order valence-electron chi connectivity index (χ1n) is 7.41. The largest absolute Gasteiger partial charge is 0.342 e. The Bertz CT molecular complexity index is 235. The van der Waals surface area contributed by atoms with Gasteiger partial charge in [-0.3, -0.25) is 9.69 Å². The fourth-order valence-electron chi connectivity index (χ4n) is 2.56. The molecule has 0 aromatic carbocycles. The van der Waals surface area contributed by atoms with Crippen LogP contribution in [0, 0.1) is 0 Å². The maximum Gasteiger partial charge on any atom is 0.236 e. The van der Waals surface area contributed by atoms with Crippen molar-refractivity contribution in [2.45, 2.75) is 46.1 Å². The second kappa shape index (κ2) is 8.48. The lowest BCUT2D eigenvalue weighted by Gasteiger charge is -2.32. The van der Waals surface area contributed by atoms with Crippen LogP contribution < -0.4 is 5.32 Å². The summed E-state index contributed by atoms with van der Waals surface area (Å²) in [6.45, 7) is 11.7. The third kappa shape index (κ3) is 4.94. The number of nitrogens with zero attached hydrogens (tertiary/aromatic N) is 2. The first-order chi connectivity index (χ1) is 8.69. The Labute approximate surface area is 112 Å². The van der Waals surface area contributed by atoms with Crippen molar-refractivity contribution in [3.05, 3.63) is 0 Å². The van der Waals surface area contributed by atoms with Gasteiger partial charge in [0.1, 0.15) is 0 Å². The molecule has 1 heterocycles. The molecule has 18 heavy (non-hydrogen) atoms. The first kappa shape index (κ1) is 15.4. The second-order valence-corrected chi connectivity index (χ2v) is 5.14. The van der Waals surface area contributed by atoms with Crippen LogP contribution in [0.15, 0.2) is 0 Å². The molecule has 106 valence electrons. The normalized spacial score (nSPS) is 18.6. The number of piperidine rings is 1. The van der Waals surface area contributed by atoms with E-state index in [2.05, 4.69) is 17.1 Å². The lowest BCUT2D eigenvalue weighted by Crippen LogP contribution is -2.45. The highest BCUT2D eigenvalue weighted by Crippen LogP contribution is 2.11. The molecule has 1 amide bonds. The minimum Gasteiger partial charge on any atom is -0.342 e. The third-order valence-electron chi connectivity index (χ3n) is 3.85. The van der Waals surface area contributed by atoms with Gasteiger partial charge >= 0.3 is 0 Å². The summed E-state index contributed by atoms with van der Waals surface area (Å²) in [6.07, 6.45) is 4.02. The predicted octanol–water partition coefficient (Wildman–Crippen LogP) is 1.32. The Morgan fingerprint density at radius 3 is 2.39 bits per heavy atom. The quantitative estimate of drug-likeness (QED) is 0.745. The van der Waals surface area contributed by atoms with E-state index in [4.69, 9.17) is 0 Å². The monoisotopic (exact) mass is 255 g/mol. The SMILES string of the molecule is CCN(CC)C(=O)CNCC(C)N1CCCCC1. The number of hydrogen-bond acceptors (Lipinski definition) is 3. The zero-order valence-electron chi connectivity index (χ0n) is 12.2. The Hall–Kier alpha value is -0.610. The van der Waals surface area contributed by atoms with Gasteiger partial charge in [0.05, 0.1) is 6.54 Å². The summed E-state index contributed by atoms with van der Waals surface area (Å²) in [5.41, 5.74) is 0. The number of hydrogen-bond donors (Lipinski definition) is 1. The molecule has 0 radical (unpaired) electrons. The molecule has 1 unspecified atom stereocenters. The number of carbonyl (C=O) groups excluding carboxylic acids is 1. The molecule has 1 atom stereocenters. The molecule has 0 saturated carbocycles. The fraction of sp³-hybridized carbons (Fsp3) is 0.929. The van der Waals surface area contributed by atoms with Gasteiger partial charge in [-0.1, -0.05) is 6.42 Å². The van der Waals surface area contributed by atoms with Crippen molar-refractivity contribution in [3.8, 4) is 0 Å². The highest BCUT2D eigenvalue weighted by Gasteiger charge is 2.16. The van der Waals surface area contributed by atoms with E-state index in [0.717, 1.165) is 19.6 Å². The summed E-state index contributed by atoms with van der Waals surface area (Å²) in [5.74, 6) is 0.214. The van der Waals surface area contributed by atoms with Crippen LogP contribution >= 0.6 is 0 Å². The molecule has 4 nitrogen and oxygen atoms in total. The van der Waals surface area contributed by atoms with E-state index in [-0.39, 0.29) is 5.91 Å². The van der Waals surface area contributed by atoms with Crippen LogP contribution in [-0.2, 0) is 4.79 Å². The summed E-state index contributed by atoms with van der Waals surface area (Å²) < 4.78 is 0. The summed E-state index contributed by atoms with van der Waals surface area (Å²) >= 11 is 0. The van der Waals surface area contributed by atoms with Crippen LogP contribution in [0.5, 0.6) is 0 Å². The summed E-state index contributed by atoms with van der Waals surface area (Å²) in [5, 5.41) is 3.30. The van der Waals surface area contributed by atoms with Gasteiger partial charge < -0.3 is 10.2 Å². The lowest BCUT2D eigenvalue weighted by atomic mass is 10.1. The van der Waals surface area contributed by atoms with Crippen LogP contribution in [0.2, 0.25) is 0 Å². The Balaban J connectivity index is 2.18. The standard InChI is InChI=1S/C14H29N3O/c1-4-16(5-2)14(18)12-15-11-13(3)17-9-7-6-8-10-17/h13,15H,4-12H2,1-3H3. The molecule has 1 saturated heterocycles. The molecule has 1 aliphatic rings. The van der Waals surface area contributed by atoms with Gasteiger partial charge in [-0.25, -0.2) is 0 Å². The van der Waals surface area contributed by atoms with Crippen molar-refractivity contribution in [1.29, 1.82) is 0 Å². The second-order valence-electron chi connectivity index (χ2n) is 5.14. The molecule has 1 fully saturated rings. The van der Waals surface area contributed by atoms with Crippen LogP contribution in [0.1, 0.15) is 40.0 Å². The average Bonchev–Trinajstić information content (AvgIpc) is 2.41. The van der Waals surface area contributed by atoms with Crippen molar-refractivity contribution in [2.24, 2.45) is 0 Å². The van der Waals surface area contributed by atoms with Gasteiger partial charge in [0.25, 0.3) is 0 Å². The molecule has 0 aliphatic carbocycles. The molecule has 1 rings (SSSR count).